The molecule has 6 nitrogen and oxygen atoms in total. The number of terminal acetylenes is 1. The van der Waals surface area contributed by atoms with E-state index < -0.39 is 18.0 Å². The van der Waals surface area contributed by atoms with Gasteiger partial charge in [0.2, 0.25) is 0 Å². The number of nitrogens with zero attached hydrogens (tertiary/aromatic N) is 1. The molecule has 0 heterocycles. The highest BCUT2D eigenvalue weighted by Gasteiger charge is 2.18. The molecule has 2 atom stereocenters. The fraction of sp³-hybridized carbons (Fsp3) is 0.692. The van der Waals surface area contributed by atoms with Crippen molar-refractivity contribution in [3.63, 3.8) is 0 Å². The lowest BCUT2D eigenvalue weighted by molar-refractivity contribution is -0.139. The number of carboxylic acid groups (broad SMARTS) is 1. The molecule has 0 aromatic rings. The van der Waals surface area contributed by atoms with Crippen LogP contribution in [0.25, 0.3) is 0 Å². The van der Waals surface area contributed by atoms with Crippen molar-refractivity contribution in [3.8, 4) is 12.3 Å². The van der Waals surface area contributed by atoms with E-state index in [0.717, 1.165) is 6.42 Å². The van der Waals surface area contributed by atoms with Crippen LogP contribution in [0.5, 0.6) is 0 Å². The molecule has 6 heteroatoms. The van der Waals surface area contributed by atoms with Crippen LogP contribution in [-0.4, -0.2) is 54.2 Å². The molecular weight excluding hydrogens is 246 g/mol. The Labute approximate surface area is 114 Å². The van der Waals surface area contributed by atoms with Crippen molar-refractivity contribution < 1.29 is 14.7 Å². The van der Waals surface area contributed by atoms with Crippen molar-refractivity contribution in [2.45, 2.75) is 38.8 Å². The second-order valence-corrected chi connectivity index (χ2v) is 4.44. The molecule has 19 heavy (non-hydrogen) atoms. The van der Waals surface area contributed by atoms with Crippen LogP contribution in [0.1, 0.15) is 26.7 Å². The Morgan fingerprint density at radius 3 is 2.58 bits per heavy atom. The lowest BCUT2D eigenvalue weighted by atomic mass is 10.2. The Hall–Kier alpha value is -1.74. The van der Waals surface area contributed by atoms with Crippen molar-refractivity contribution in [2.75, 3.05) is 20.1 Å². The zero-order valence-electron chi connectivity index (χ0n) is 11.8. The monoisotopic (exact) mass is 269 g/mol. The van der Waals surface area contributed by atoms with Crippen LogP contribution in [0.4, 0.5) is 4.79 Å². The highest BCUT2D eigenvalue weighted by molar-refractivity contribution is 5.82. The van der Waals surface area contributed by atoms with E-state index >= 15 is 0 Å². The van der Waals surface area contributed by atoms with Crippen LogP contribution >= 0.6 is 0 Å². The third-order valence-corrected chi connectivity index (χ3v) is 3.02. The van der Waals surface area contributed by atoms with Gasteiger partial charge in [-0.25, -0.2) is 9.59 Å². The Morgan fingerprint density at radius 1 is 1.47 bits per heavy atom. The number of nitrogens with one attached hydrogen (secondary N) is 2. The third-order valence-electron chi connectivity index (χ3n) is 3.02. The van der Waals surface area contributed by atoms with E-state index in [1.165, 1.54) is 0 Å². The van der Waals surface area contributed by atoms with Gasteiger partial charge >= 0.3 is 12.0 Å². The molecule has 0 spiro atoms. The minimum atomic E-state index is -1.13. The van der Waals surface area contributed by atoms with Gasteiger partial charge in [0.1, 0.15) is 6.04 Å². The number of carbonyl (C=O) groups is 2. The van der Waals surface area contributed by atoms with Gasteiger partial charge in [0.15, 0.2) is 0 Å². The first-order valence-electron chi connectivity index (χ1n) is 6.33. The van der Waals surface area contributed by atoms with E-state index in [-0.39, 0.29) is 6.42 Å². The van der Waals surface area contributed by atoms with Crippen LogP contribution in [0.15, 0.2) is 0 Å². The molecule has 0 aliphatic rings. The van der Waals surface area contributed by atoms with Gasteiger partial charge in [-0.3, -0.25) is 0 Å². The fourth-order valence-corrected chi connectivity index (χ4v) is 1.41. The van der Waals surface area contributed by atoms with Gasteiger partial charge in [-0.15, -0.1) is 12.3 Å². The van der Waals surface area contributed by atoms with Crippen LogP contribution in [0.3, 0.4) is 0 Å². The quantitative estimate of drug-likeness (QED) is 0.560. The number of aliphatic carboxylic acids is 1. The lowest BCUT2D eigenvalue weighted by Crippen LogP contribution is -2.47. The van der Waals surface area contributed by atoms with E-state index in [0.29, 0.717) is 19.1 Å². The van der Waals surface area contributed by atoms with Crippen molar-refractivity contribution in [2.24, 2.45) is 0 Å². The van der Waals surface area contributed by atoms with Gasteiger partial charge in [0, 0.05) is 25.6 Å². The predicted octanol–water partition coefficient (Wildman–Crippen LogP) is 0.492. The van der Waals surface area contributed by atoms with Gasteiger partial charge < -0.3 is 20.6 Å². The number of hydrogen-bond acceptors (Lipinski definition) is 3. The summed E-state index contributed by atoms with van der Waals surface area (Å²) in [5, 5.41) is 13.8. The van der Waals surface area contributed by atoms with Gasteiger partial charge in [-0.05, 0) is 20.4 Å². The molecule has 0 aliphatic heterocycles. The number of amides is 2. The van der Waals surface area contributed by atoms with Gasteiger partial charge in [-0.2, -0.15) is 0 Å². The van der Waals surface area contributed by atoms with Crippen LogP contribution < -0.4 is 10.6 Å². The number of rotatable bonds is 8. The summed E-state index contributed by atoms with van der Waals surface area (Å²) in [7, 11) is 1.98. The van der Waals surface area contributed by atoms with E-state index in [1.54, 1.807) is 0 Å². The zero-order valence-corrected chi connectivity index (χ0v) is 11.8. The normalized spacial score (nSPS) is 13.4. The summed E-state index contributed by atoms with van der Waals surface area (Å²) in [5.41, 5.74) is 0. The van der Waals surface area contributed by atoms with E-state index in [2.05, 4.69) is 35.3 Å². The molecule has 0 aromatic carbocycles. The summed E-state index contributed by atoms with van der Waals surface area (Å²) < 4.78 is 0. The van der Waals surface area contributed by atoms with Gasteiger partial charge in [0.05, 0.1) is 0 Å². The average molecular weight is 269 g/mol. The minimum absolute atomic E-state index is 0.0322. The maximum atomic E-state index is 11.5. The van der Waals surface area contributed by atoms with Crippen molar-refractivity contribution in [3.05, 3.63) is 0 Å². The van der Waals surface area contributed by atoms with E-state index in [4.69, 9.17) is 11.5 Å². The smallest absolute Gasteiger partial charge is 0.327 e. The Balaban J connectivity index is 3.99. The van der Waals surface area contributed by atoms with Crippen LogP contribution in [0.2, 0.25) is 0 Å². The molecule has 0 saturated heterocycles. The number of hydrogen-bond donors (Lipinski definition) is 3. The molecule has 108 valence electrons. The Bertz CT molecular complexity index is 339. The number of carboxylic acids is 1. The lowest BCUT2D eigenvalue weighted by Gasteiger charge is -2.23. The van der Waals surface area contributed by atoms with Crippen molar-refractivity contribution >= 4 is 12.0 Å². The van der Waals surface area contributed by atoms with E-state index in [1.807, 2.05) is 7.05 Å². The van der Waals surface area contributed by atoms with Gasteiger partial charge in [-0.1, -0.05) is 6.92 Å². The van der Waals surface area contributed by atoms with Gasteiger partial charge in [0.25, 0.3) is 0 Å². The Morgan fingerprint density at radius 2 is 2.11 bits per heavy atom. The van der Waals surface area contributed by atoms with Crippen molar-refractivity contribution in [1.82, 2.24) is 15.5 Å². The summed E-state index contributed by atoms with van der Waals surface area (Å²) >= 11 is 0. The SMILES string of the molecule is C#CCC(NC(=O)NCCN(C)C(C)CC)C(=O)O. The molecule has 3 N–H and O–H groups in total. The van der Waals surface area contributed by atoms with Crippen LogP contribution in [0, 0.1) is 12.3 Å². The summed E-state index contributed by atoms with van der Waals surface area (Å²) in [5.74, 6) is 1.09. The number of urea groups is 1. The molecule has 0 saturated carbocycles. The maximum absolute atomic E-state index is 11.5. The second-order valence-electron chi connectivity index (χ2n) is 4.44. The first kappa shape index (κ1) is 17.3. The molecule has 0 bridgehead atoms. The zero-order chi connectivity index (χ0) is 14.8. The predicted molar refractivity (Wildman–Crippen MR) is 73.8 cm³/mol. The first-order valence-corrected chi connectivity index (χ1v) is 6.33. The summed E-state index contributed by atoms with van der Waals surface area (Å²) in [6.45, 7) is 5.36. The molecule has 2 amide bonds. The molecule has 0 rings (SSSR count). The standard InChI is InChI=1S/C13H23N3O3/c1-5-7-11(12(17)18)15-13(19)14-8-9-16(4)10(3)6-2/h1,10-11H,6-9H2,2-4H3,(H,17,18)(H2,14,15,19). The van der Waals surface area contributed by atoms with Crippen molar-refractivity contribution in [1.29, 1.82) is 0 Å². The summed E-state index contributed by atoms with van der Waals surface area (Å²) in [6, 6.07) is -1.12. The molecule has 0 fully saturated rings. The maximum Gasteiger partial charge on any atom is 0.327 e. The van der Waals surface area contributed by atoms with Crippen LogP contribution in [-0.2, 0) is 4.79 Å². The molecule has 0 radical (unpaired) electrons. The highest BCUT2D eigenvalue weighted by atomic mass is 16.4. The Kier molecular flexibility index (Phi) is 8.38. The molecule has 2 unspecified atom stereocenters. The summed E-state index contributed by atoms with van der Waals surface area (Å²) in [4.78, 5) is 24.4. The first-order chi connectivity index (χ1) is 8.92. The molecule has 0 aromatic heterocycles. The third kappa shape index (κ3) is 7.32. The largest absolute Gasteiger partial charge is 0.480 e. The fourth-order valence-electron chi connectivity index (χ4n) is 1.41. The number of carbonyl (C=O) groups excluding carboxylic acids is 1. The van der Waals surface area contributed by atoms with E-state index in [9.17, 15) is 9.59 Å². The average Bonchev–Trinajstić information content (AvgIpc) is 2.36. The second kappa shape index (κ2) is 9.22. The number of likely N-dealkylation sites (N-methyl/N-ethyl adjacent to an activating group) is 1. The summed E-state index contributed by atoms with van der Waals surface area (Å²) in [6.07, 6.45) is 6.04. The molecule has 0 aliphatic carbocycles. The highest BCUT2D eigenvalue weighted by Crippen LogP contribution is 1.98. The molecular formula is C13H23N3O3. The minimum Gasteiger partial charge on any atom is -0.480 e. The topological polar surface area (TPSA) is 81.7 Å².